The number of aryl methyl sites for hydroxylation is 2. The Morgan fingerprint density at radius 3 is 1.64 bits per heavy atom. The number of rotatable bonds is 5. The van der Waals surface area contributed by atoms with E-state index >= 15 is 0 Å². The summed E-state index contributed by atoms with van der Waals surface area (Å²) in [5, 5.41) is 20.6. The minimum Gasteiger partial charge on any atom is -0.355 e. The van der Waals surface area contributed by atoms with Crippen molar-refractivity contribution < 1.29 is 34.8 Å². The van der Waals surface area contributed by atoms with Gasteiger partial charge in [0, 0.05) is 77.3 Å². The number of carbonyl (C=O) groups is 1. The Labute approximate surface area is 328 Å². The highest BCUT2D eigenvalue weighted by atomic mass is 35.5. The summed E-state index contributed by atoms with van der Waals surface area (Å²) in [6.45, 7) is 1.69. The van der Waals surface area contributed by atoms with Gasteiger partial charge in [-0.25, -0.2) is 15.3 Å². The number of carbonyl (C=O) groups excluding carboxylic acids is 1. The van der Waals surface area contributed by atoms with Gasteiger partial charge in [0.1, 0.15) is 11.0 Å². The predicted octanol–water partition coefficient (Wildman–Crippen LogP) is 1.47. The molecule has 1 amide bonds. The normalized spacial score (nSPS) is 20.4. The third-order valence-corrected chi connectivity index (χ3v) is 13.3. The number of aromatic nitrogens is 8. The maximum Gasteiger partial charge on any atom is 0.471 e. The van der Waals surface area contributed by atoms with Crippen molar-refractivity contribution in [3.05, 3.63) is 28.1 Å². The van der Waals surface area contributed by atoms with Gasteiger partial charge in [0.25, 0.3) is 20.4 Å². The molecule has 8 rings (SSSR count). The lowest BCUT2D eigenvalue weighted by Crippen LogP contribution is -2.69. The number of fused-ring (bicyclic) bond motifs is 2. The lowest BCUT2D eigenvalue weighted by Gasteiger charge is -2.60. The molecule has 0 radical (unpaired) electrons. The van der Waals surface area contributed by atoms with Crippen LogP contribution in [0.4, 0.5) is 19.0 Å². The van der Waals surface area contributed by atoms with Crippen molar-refractivity contribution in [2.24, 2.45) is 35.2 Å². The van der Waals surface area contributed by atoms with E-state index in [1.807, 2.05) is 7.05 Å². The van der Waals surface area contributed by atoms with Crippen molar-refractivity contribution in [2.45, 2.75) is 43.9 Å². The van der Waals surface area contributed by atoms with Gasteiger partial charge in [-0.2, -0.15) is 63.8 Å². The largest absolute Gasteiger partial charge is 0.471 e. The molecule has 6 heterocycles. The van der Waals surface area contributed by atoms with E-state index in [1.54, 1.807) is 28.8 Å². The van der Waals surface area contributed by atoms with E-state index in [0.29, 0.717) is 34.7 Å². The smallest absolute Gasteiger partial charge is 0.355 e. The molecule has 4 aromatic heterocycles. The zero-order chi connectivity index (χ0) is 40.6. The number of nitrogens with zero attached hydrogens (tertiary/aromatic N) is 12. The quantitative estimate of drug-likeness (QED) is 0.214. The van der Waals surface area contributed by atoms with E-state index in [1.165, 1.54) is 18.4 Å². The van der Waals surface area contributed by atoms with Crippen molar-refractivity contribution >= 4 is 89.0 Å². The van der Waals surface area contributed by atoms with Crippen LogP contribution in [0, 0.1) is 10.8 Å². The average molecular weight is 876 g/mol. The Hall–Kier alpha value is -3.23. The molecule has 4 fully saturated rings. The van der Waals surface area contributed by atoms with Crippen molar-refractivity contribution in [1.82, 2.24) is 53.0 Å². The van der Waals surface area contributed by atoms with E-state index in [9.17, 15) is 34.8 Å². The molecule has 0 bridgehead atoms. The highest BCUT2D eigenvalue weighted by Crippen LogP contribution is 2.52. The van der Waals surface area contributed by atoms with E-state index in [4.69, 9.17) is 45.1 Å². The molecule has 2 saturated heterocycles. The highest BCUT2D eigenvalue weighted by Gasteiger charge is 2.59. The third kappa shape index (κ3) is 8.28. The Morgan fingerprint density at radius 2 is 1.18 bits per heavy atom. The monoisotopic (exact) mass is 874 g/mol. The zero-order valence-corrected chi connectivity index (χ0v) is 33.5. The Morgan fingerprint density at radius 1 is 0.764 bits per heavy atom. The fourth-order valence-corrected chi connectivity index (χ4v) is 9.22. The van der Waals surface area contributed by atoms with E-state index < -0.39 is 32.5 Å². The number of hydrogen-bond acceptors (Lipinski definition) is 12. The fraction of sp³-hybridized carbons (Fsp3) is 0.607. The van der Waals surface area contributed by atoms with Crippen LogP contribution >= 0.6 is 34.8 Å². The number of hydrogen-bond donors (Lipinski definition) is 2. The molecule has 0 unspecified atom stereocenters. The van der Waals surface area contributed by atoms with Crippen LogP contribution in [0.1, 0.15) is 25.7 Å². The van der Waals surface area contributed by atoms with Gasteiger partial charge in [-0.05, 0) is 48.9 Å². The van der Waals surface area contributed by atoms with Crippen LogP contribution in [0.5, 0.6) is 0 Å². The topological polar surface area (TPSA) is 238 Å². The maximum absolute atomic E-state index is 12.2. The molecule has 2 aliphatic carbocycles. The molecular formula is C28H36Cl3F3N14O5S2. The van der Waals surface area contributed by atoms with Crippen molar-refractivity contribution in [2.75, 3.05) is 45.2 Å². The number of nitrogens with two attached hydrogens (primary N) is 2. The van der Waals surface area contributed by atoms with Crippen molar-refractivity contribution in [3.8, 4) is 0 Å². The van der Waals surface area contributed by atoms with Gasteiger partial charge >= 0.3 is 12.1 Å². The van der Waals surface area contributed by atoms with Gasteiger partial charge in [0.2, 0.25) is 10.6 Å². The molecule has 0 aromatic carbocycles. The first-order valence-electron chi connectivity index (χ1n) is 16.3. The molecule has 0 atom stereocenters. The molecule has 2 spiro atoms. The van der Waals surface area contributed by atoms with Gasteiger partial charge in [-0.1, -0.05) is 11.6 Å². The van der Waals surface area contributed by atoms with E-state index in [2.05, 4.69) is 35.0 Å². The molecule has 4 N–H and O–H groups in total. The number of likely N-dealkylation sites (tertiary alicyclic amines) is 1. The van der Waals surface area contributed by atoms with Gasteiger partial charge < -0.3 is 9.80 Å². The fourth-order valence-electron chi connectivity index (χ4n) is 7.51. The van der Waals surface area contributed by atoms with Gasteiger partial charge in [0.15, 0.2) is 11.3 Å². The molecule has 19 nitrogen and oxygen atoms in total. The van der Waals surface area contributed by atoms with Crippen LogP contribution in [0.25, 0.3) is 22.1 Å². The van der Waals surface area contributed by atoms with Gasteiger partial charge in [0.05, 0.1) is 23.2 Å². The molecule has 2 saturated carbocycles. The number of anilines is 1. The molecule has 27 heteroatoms. The molecule has 2 aliphatic heterocycles. The van der Waals surface area contributed by atoms with Crippen LogP contribution in [0.15, 0.2) is 12.4 Å². The first kappa shape index (κ1) is 41.4. The molecule has 4 aliphatic rings. The summed E-state index contributed by atoms with van der Waals surface area (Å²) in [6.07, 6.45) is 0.987. The summed E-state index contributed by atoms with van der Waals surface area (Å²) in [4.78, 5) is 30.1. The summed E-state index contributed by atoms with van der Waals surface area (Å²) in [6, 6.07) is -0.312. The molecule has 302 valence electrons. The predicted molar refractivity (Wildman–Crippen MR) is 195 cm³/mol. The second-order valence-corrected chi connectivity index (χ2v) is 18.6. The van der Waals surface area contributed by atoms with Crippen molar-refractivity contribution in [3.63, 3.8) is 0 Å². The summed E-state index contributed by atoms with van der Waals surface area (Å²) in [7, 11) is -0.952. The number of halogens is 6. The van der Waals surface area contributed by atoms with Crippen LogP contribution < -0.4 is 15.2 Å². The Kier molecular flexibility index (Phi) is 10.8. The number of alkyl halides is 3. The lowest BCUT2D eigenvalue weighted by molar-refractivity contribution is -0.202. The average Bonchev–Trinajstić information content (AvgIpc) is 3.55. The minimum absolute atomic E-state index is 0.0189. The van der Waals surface area contributed by atoms with E-state index in [-0.39, 0.29) is 46.6 Å². The first-order chi connectivity index (χ1) is 25.3. The van der Waals surface area contributed by atoms with E-state index in [0.717, 1.165) is 46.3 Å². The third-order valence-electron chi connectivity index (χ3n) is 10.5. The number of amides is 1. The summed E-state index contributed by atoms with van der Waals surface area (Å²) >= 11 is 17.4. The first-order valence-corrected chi connectivity index (χ1v) is 20.4. The summed E-state index contributed by atoms with van der Waals surface area (Å²) in [5.74, 6) is -1.05. The van der Waals surface area contributed by atoms with Crippen LogP contribution in [-0.2, 0) is 39.3 Å². The SMILES string of the molecule is CN(C1CC2(C1)CN(C(=O)C(F)(F)F)C2)S(N)(=O)=O.CN(C1CC2(C1)CN(c1nc(Cl)nc3c1cnn3C)C2)S(N)(=O)=O.Cn1ncc2c(Cl)nc(Cl)nc21. The van der Waals surface area contributed by atoms with Gasteiger partial charge in [-0.15, -0.1) is 0 Å². The van der Waals surface area contributed by atoms with Crippen molar-refractivity contribution in [1.29, 1.82) is 0 Å². The summed E-state index contributed by atoms with van der Waals surface area (Å²) < 4.78 is 87.0. The minimum atomic E-state index is -4.85. The Bertz CT molecular complexity index is 2350. The zero-order valence-electron chi connectivity index (χ0n) is 29.6. The molecule has 55 heavy (non-hydrogen) atoms. The second-order valence-electron chi connectivity index (χ2n) is 14.4. The van der Waals surface area contributed by atoms with Crippen LogP contribution in [0.2, 0.25) is 15.7 Å². The Balaban J connectivity index is 0.000000148. The second kappa shape index (κ2) is 14.3. The highest BCUT2D eigenvalue weighted by molar-refractivity contribution is 7.87. The van der Waals surface area contributed by atoms with Gasteiger partial charge in [-0.3, -0.25) is 14.2 Å². The molecular weight excluding hydrogens is 840 g/mol. The molecule has 4 aromatic rings. The maximum atomic E-state index is 12.2. The lowest BCUT2D eigenvalue weighted by atomic mass is 9.60. The van der Waals surface area contributed by atoms with Crippen LogP contribution in [-0.4, -0.2) is 134 Å². The standard InChI is InChI=1S/C13H18ClN7O2S.C9H14F3N3O3S.C6H4Cl2N4/c1-19-10-9(5-16-19)11(18-12(14)17-10)21-6-13(7-21)3-8(4-13)20(2)24(15,22)23;1-14(19(13,17)18)6-2-8(3-6)4-15(5-8)7(16)9(10,11)12;1-12-5-3(2-9-12)4(7)10-6(8)11-5/h5,8H,3-4,6-7H2,1-2H3,(H2,15,22,23);6H,2-5H2,1H3,(H2,13,17,18);2H,1H3. The van der Waals surface area contributed by atoms with Crippen LogP contribution in [0.3, 0.4) is 0 Å². The summed E-state index contributed by atoms with van der Waals surface area (Å²) in [5.41, 5.74) is 1.10.